The Hall–Kier alpha value is -1.09. The summed E-state index contributed by atoms with van der Waals surface area (Å²) < 4.78 is 14.3. The minimum atomic E-state index is -0.241. The molecule has 4 heteroatoms. The molecule has 106 valence electrons. The molecule has 0 bridgehead atoms. The van der Waals surface area contributed by atoms with Crippen molar-refractivity contribution in [3.63, 3.8) is 0 Å². The van der Waals surface area contributed by atoms with Gasteiger partial charge in [0.15, 0.2) is 0 Å². The molecule has 20 heavy (non-hydrogen) atoms. The van der Waals surface area contributed by atoms with Crippen LogP contribution in [-0.4, -0.2) is 6.54 Å². The van der Waals surface area contributed by atoms with Crippen LogP contribution in [0.5, 0.6) is 0 Å². The van der Waals surface area contributed by atoms with E-state index in [0.29, 0.717) is 21.2 Å². The van der Waals surface area contributed by atoms with Gasteiger partial charge in [-0.05, 0) is 36.7 Å². The molecule has 0 aromatic heterocycles. The molecule has 0 aliphatic rings. The largest absolute Gasteiger partial charge is 0.306 e. The van der Waals surface area contributed by atoms with Gasteiger partial charge >= 0.3 is 0 Å². The number of hydrogen-bond acceptors (Lipinski definition) is 1. The predicted octanol–water partition coefficient (Wildman–Crippen LogP) is 5.14. The van der Waals surface area contributed by atoms with E-state index in [-0.39, 0.29) is 11.9 Å². The van der Waals surface area contributed by atoms with Gasteiger partial charge < -0.3 is 5.32 Å². The maximum absolute atomic E-state index is 14.3. The van der Waals surface area contributed by atoms with Crippen molar-refractivity contribution >= 4 is 23.2 Å². The first-order chi connectivity index (χ1) is 9.54. The van der Waals surface area contributed by atoms with E-state index in [0.717, 1.165) is 12.1 Å². The van der Waals surface area contributed by atoms with Gasteiger partial charge in [0.05, 0.1) is 16.1 Å². The van der Waals surface area contributed by atoms with Crippen molar-refractivity contribution in [2.45, 2.75) is 19.9 Å². The summed E-state index contributed by atoms with van der Waals surface area (Å²) in [5.41, 5.74) is 2.14. The number of benzene rings is 2. The van der Waals surface area contributed by atoms with Crippen molar-refractivity contribution in [3.8, 4) is 0 Å². The van der Waals surface area contributed by atoms with Gasteiger partial charge in [0, 0.05) is 5.56 Å². The zero-order valence-corrected chi connectivity index (χ0v) is 12.9. The summed E-state index contributed by atoms with van der Waals surface area (Å²) in [5.74, 6) is -0.190. The highest BCUT2D eigenvalue weighted by Crippen LogP contribution is 2.30. The quantitative estimate of drug-likeness (QED) is 0.824. The van der Waals surface area contributed by atoms with E-state index in [1.807, 2.05) is 19.1 Å². The molecule has 0 spiro atoms. The fourth-order valence-corrected chi connectivity index (χ4v) is 2.50. The molecule has 0 heterocycles. The number of nitrogens with one attached hydrogen (secondary N) is 1. The normalized spacial score (nSPS) is 12.4. The molecular formula is C16H16Cl2FN. The zero-order valence-electron chi connectivity index (χ0n) is 11.4. The molecule has 2 aromatic carbocycles. The van der Waals surface area contributed by atoms with Crippen LogP contribution in [0.25, 0.3) is 0 Å². The summed E-state index contributed by atoms with van der Waals surface area (Å²) in [6, 6.07) is 10.5. The van der Waals surface area contributed by atoms with Gasteiger partial charge in [0.25, 0.3) is 0 Å². The summed E-state index contributed by atoms with van der Waals surface area (Å²) in [4.78, 5) is 0. The Labute approximate surface area is 128 Å². The predicted molar refractivity (Wildman–Crippen MR) is 83.1 cm³/mol. The molecule has 0 saturated carbocycles. The zero-order chi connectivity index (χ0) is 14.7. The average Bonchev–Trinajstić information content (AvgIpc) is 2.43. The molecule has 0 aliphatic heterocycles. The monoisotopic (exact) mass is 311 g/mol. The van der Waals surface area contributed by atoms with E-state index in [1.165, 1.54) is 0 Å². The molecule has 2 aromatic rings. The molecule has 0 radical (unpaired) electrons. The fourth-order valence-electron chi connectivity index (χ4n) is 2.20. The van der Waals surface area contributed by atoms with Crippen LogP contribution >= 0.6 is 23.2 Å². The molecule has 1 unspecified atom stereocenters. The second-order valence-corrected chi connectivity index (χ2v) is 5.46. The van der Waals surface area contributed by atoms with Crippen LogP contribution in [0.4, 0.5) is 4.39 Å². The Bertz CT molecular complexity index is 613. The highest BCUT2D eigenvalue weighted by molar-refractivity contribution is 6.42. The first-order valence-electron chi connectivity index (χ1n) is 6.48. The lowest BCUT2D eigenvalue weighted by Gasteiger charge is -2.20. The maximum atomic E-state index is 14.3. The summed E-state index contributed by atoms with van der Waals surface area (Å²) in [6.45, 7) is 4.47. The summed E-state index contributed by atoms with van der Waals surface area (Å²) >= 11 is 12.0. The lowest BCUT2D eigenvalue weighted by Crippen LogP contribution is -2.23. The molecule has 0 amide bonds. The van der Waals surface area contributed by atoms with Crippen LogP contribution in [0.1, 0.15) is 29.7 Å². The van der Waals surface area contributed by atoms with Crippen molar-refractivity contribution in [3.05, 3.63) is 69.0 Å². The maximum Gasteiger partial charge on any atom is 0.131 e. The van der Waals surface area contributed by atoms with Crippen molar-refractivity contribution in [1.82, 2.24) is 5.32 Å². The molecule has 1 atom stereocenters. The van der Waals surface area contributed by atoms with E-state index in [9.17, 15) is 4.39 Å². The minimum Gasteiger partial charge on any atom is -0.306 e. The highest BCUT2D eigenvalue weighted by atomic mass is 35.5. The van der Waals surface area contributed by atoms with Crippen LogP contribution in [0, 0.1) is 12.7 Å². The van der Waals surface area contributed by atoms with Crippen molar-refractivity contribution in [2.75, 3.05) is 6.54 Å². The molecule has 1 nitrogen and oxygen atoms in total. The average molecular weight is 312 g/mol. The number of rotatable bonds is 4. The number of halogens is 3. The van der Waals surface area contributed by atoms with Crippen molar-refractivity contribution in [2.24, 2.45) is 0 Å². The van der Waals surface area contributed by atoms with E-state index in [2.05, 4.69) is 5.32 Å². The van der Waals surface area contributed by atoms with Crippen LogP contribution in [0.2, 0.25) is 10.0 Å². The molecule has 2 rings (SSSR count). The number of hydrogen-bond donors (Lipinski definition) is 1. The van der Waals surface area contributed by atoms with Gasteiger partial charge in [-0.15, -0.1) is 0 Å². The highest BCUT2D eigenvalue weighted by Gasteiger charge is 2.18. The van der Waals surface area contributed by atoms with Gasteiger partial charge in [-0.1, -0.05) is 54.4 Å². The topological polar surface area (TPSA) is 12.0 Å². The van der Waals surface area contributed by atoms with Crippen molar-refractivity contribution < 1.29 is 4.39 Å². The summed E-state index contributed by atoms with van der Waals surface area (Å²) in [6.07, 6.45) is 0. The molecule has 0 fully saturated rings. The van der Waals surface area contributed by atoms with Crippen LogP contribution in [0.3, 0.4) is 0 Å². The Morgan fingerprint density at radius 3 is 2.55 bits per heavy atom. The third kappa shape index (κ3) is 3.14. The van der Waals surface area contributed by atoms with Gasteiger partial charge in [-0.25, -0.2) is 4.39 Å². The summed E-state index contributed by atoms with van der Waals surface area (Å²) in [7, 11) is 0. The van der Waals surface area contributed by atoms with E-state index < -0.39 is 0 Å². The lowest BCUT2D eigenvalue weighted by atomic mass is 9.96. The van der Waals surface area contributed by atoms with E-state index in [4.69, 9.17) is 23.2 Å². The SMILES string of the molecule is CCNC(c1ccc(Cl)c(Cl)c1)c1cccc(C)c1F. The minimum absolute atomic E-state index is 0.190. The second kappa shape index (κ2) is 6.57. The first kappa shape index (κ1) is 15.3. The fraction of sp³-hybridized carbons (Fsp3) is 0.250. The van der Waals surface area contributed by atoms with Crippen LogP contribution in [-0.2, 0) is 0 Å². The first-order valence-corrected chi connectivity index (χ1v) is 7.23. The molecule has 0 saturated heterocycles. The van der Waals surface area contributed by atoms with Gasteiger partial charge in [0.1, 0.15) is 5.82 Å². The van der Waals surface area contributed by atoms with Gasteiger partial charge in [0.2, 0.25) is 0 Å². The smallest absolute Gasteiger partial charge is 0.131 e. The number of aryl methyl sites for hydroxylation is 1. The van der Waals surface area contributed by atoms with Gasteiger partial charge in [-0.2, -0.15) is 0 Å². The van der Waals surface area contributed by atoms with Crippen LogP contribution in [0.15, 0.2) is 36.4 Å². The Morgan fingerprint density at radius 2 is 1.90 bits per heavy atom. The molecule has 1 N–H and O–H groups in total. The van der Waals surface area contributed by atoms with Crippen LogP contribution < -0.4 is 5.32 Å². The molecule has 0 aliphatic carbocycles. The second-order valence-electron chi connectivity index (χ2n) is 4.64. The van der Waals surface area contributed by atoms with E-state index in [1.54, 1.807) is 31.2 Å². The Balaban J connectivity index is 2.50. The van der Waals surface area contributed by atoms with Crippen molar-refractivity contribution in [1.29, 1.82) is 0 Å². The standard InChI is InChI=1S/C16H16Cl2FN/c1-3-20-16(11-7-8-13(17)14(18)9-11)12-6-4-5-10(2)15(12)19/h4-9,16,20H,3H2,1-2H3. The lowest BCUT2D eigenvalue weighted by molar-refractivity contribution is 0.553. The third-order valence-electron chi connectivity index (χ3n) is 3.22. The Kier molecular flexibility index (Phi) is 5.03. The third-order valence-corrected chi connectivity index (χ3v) is 3.96. The Morgan fingerprint density at radius 1 is 1.15 bits per heavy atom. The van der Waals surface area contributed by atoms with Gasteiger partial charge in [-0.3, -0.25) is 0 Å². The summed E-state index contributed by atoms with van der Waals surface area (Å²) in [5, 5.41) is 4.26. The molecular weight excluding hydrogens is 296 g/mol. The van der Waals surface area contributed by atoms with E-state index >= 15 is 0 Å².